The van der Waals surface area contributed by atoms with Crippen molar-refractivity contribution in [3.8, 4) is 11.5 Å². The molecule has 0 aliphatic rings. The molecule has 1 amide bonds. The van der Waals surface area contributed by atoms with Crippen molar-refractivity contribution in [2.24, 2.45) is 5.73 Å². The molecule has 3 rings (SSSR count). The van der Waals surface area contributed by atoms with Crippen LogP contribution in [-0.2, 0) is 6.42 Å². The minimum absolute atomic E-state index is 0.0414. The molecule has 0 saturated heterocycles. The van der Waals surface area contributed by atoms with Crippen molar-refractivity contribution in [3.05, 3.63) is 57.3 Å². The maximum atomic E-state index is 12.8. The van der Waals surface area contributed by atoms with Crippen LogP contribution in [0.1, 0.15) is 29.8 Å². The predicted octanol–water partition coefficient (Wildman–Crippen LogP) is 2.97. The highest BCUT2D eigenvalue weighted by atomic mass is 16.3. The molecule has 25 heavy (non-hydrogen) atoms. The average Bonchev–Trinajstić information content (AvgIpc) is 2.54. The summed E-state index contributed by atoms with van der Waals surface area (Å²) in [5.74, 6) is -1.14. The lowest BCUT2D eigenvalue weighted by Crippen LogP contribution is -2.15. The largest absolute Gasteiger partial charge is 0.508 e. The Morgan fingerprint density at radius 1 is 1.20 bits per heavy atom. The van der Waals surface area contributed by atoms with Crippen LogP contribution in [0, 0.1) is 0 Å². The second-order valence-electron chi connectivity index (χ2n) is 6.09. The number of phenolic OH excluding ortho intramolecular Hbond substituents is 2. The Labute approximate surface area is 142 Å². The molecule has 0 unspecified atom stereocenters. The van der Waals surface area contributed by atoms with Crippen LogP contribution in [0.25, 0.3) is 21.9 Å². The number of hydrogen-bond acceptors (Lipinski definition) is 5. The quantitative estimate of drug-likeness (QED) is 0.501. The van der Waals surface area contributed by atoms with E-state index in [2.05, 4.69) is 0 Å². The normalized spacial score (nSPS) is 11.0. The Balaban J connectivity index is 2.45. The van der Waals surface area contributed by atoms with E-state index >= 15 is 0 Å². The van der Waals surface area contributed by atoms with Gasteiger partial charge in [0.1, 0.15) is 28.1 Å². The van der Waals surface area contributed by atoms with Crippen molar-refractivity contribution in [2.75, 3.05) is 0 Å². The summed E-state index contributed by atoms with van der Waals surface area (Å²) < 4.78 is 5.64. The third-order valence-electron chi connectivity index (χ3n) is 4.00. The molecule has 0 spiro atoms. The highest BCUT2D eigenvalue weighted by molar-refractivity contribution is 6.02. The monoisotopic (exact) mass is 339 g/mol. The molecular weight excluding hydrogens is 322 g/mol. The molecule has 128 valence electrons. The summed E-state index contributed by atoms with van der Waals surface area (Å²) in [5, 5.41) is 20.3. The van der Waals surface area contributed by atoms with Gasteiger partial charge < -0.3 is 20.4 Å². The molecule has 0 fully saturated rings. The minimum Gasteiger partial charge on any atom is -0.508 e. The number of amides is 1. The van der Waals surface area contributed by atoms with Gasteiger partial charge in [0.15, 0.2) is 0 Å². The van der Waals surface area contributed by atoms with Gasteiger partial charge in [-0.3, -0.25) is 9.59 Å². The van der Waals surface area contributed by atoms with E-state index in [1.807, 2.05) is 19.9 Å². The number of primary amides is 1. The van der Waals surface area contributed by atoms with Crippen LogP contribution in [0.3, 0.4) is 0 Å². The standard InChI is InChI=1S/C19H17NO5/c1-9(2)3-5-11-12(19(20)24)8-15-16(17(11)22)18(23)13-7-10(21)4-6-14(13)25-15/h3-4,6-8,21-22H,5H2,1-2H3,(H2,20,24). The van der Waals surface area contributed by atoms with Crippen LogP contribution < -0.4 is 11.2 Å². The summed E-state index contributed by atoms with van der Waals surface area (Å²) >= 11 is 0. The smallest absolute Gasteiger partial charge is 0.249 e. The Morgan fingerprint density at radius 3 is 2.56 bits per heavy atom. The van der Waals surface area contributed by atoms with Crippen molar-refractivity contribution in [1.82, 2.24) is 0 Å². The van der Waals surface area contributed by atoms with Gasteiger partial charge in [-0.2, -0.15) is 0 Å². The number of aromatic hydroxyl groups is 2. The van der Waals surface area contributed by atoms with Gasteiger partial charge in [0.25, 0.3) is 0 Å². The summed E-state index contributed by atoms with van der Waals surface area (Å²) in [5.41, 5.74) is 6.61. The van der Waals surface area contributed by atoms with Crippen LogP contribution in [0.15, 0.2) is 45.1 Å². The average molecular weight is 339 g/mol. The summed E-state index contributed by atoms with van der Waals surface area (Å²) in [6.45, 7) is 3.76. The van der Waals surface area contributed by atoms with Gasteiger partial charge in [-0.1, -0.05) is 11.6 Å². The Morgan fingerprint density at radius 2 is 1.92 bits per heavy atom. The topological polar surface area (TPSA) is 114 Å². The summed E-state index contributed by atoms with van der Waals surface area (Å²) in [6.07, 6.45) is 2.07. The number of phenols is 2. The Bertz CT molecular complexity index is 1100. The summed E-state index contributed by atoms with van der Waals surface area (Å²) in [7, 11) is 0. The van der Waals surface area contributed by atoms with E-state index in [4.69, 9.17) is 10.2 Å². The van der Waals surface area contributed by atoms with Crippen molar-refractivity contribution in [3.63, 3.8) is 0 Å². The fourth-order valence-corrected chi connectivity index (χ4v) is 2.76. The number of hydrogen-bond donors (Lipinski definition) is 3. The number of allylic oxidation sites excluding steroid dienone is 2. The van der Waals surface area contributed by atoms with Crippen molar-refractivity contribution in [1.29, 1.82) is 0 Å². The van der Waals surface area contributed by atoms with Gasteiger partial charge in [0.2, 0.25) is 11.3 Å². The molecule has 6 heteroatoms. The second kappa shape index (κ2) is 5.98. The number of fused-ring (bicyclic) bond motifs is 2. The summed E-state index contributed by atoms with van der Waals surface area (Å²) in [4.78, 5) is 24.6. The number of rotatable bonds is 3. The SMILES string of the molecule is CC(C)=CCc1c(C(N)=O)cc2oc3ccc(O)cc3c(=O)c2c1O. The lowest BCUT2D eigenvalue weighted by atomic mass is 9.97. The zero-order valence-electron chi connectivity index (χ0n) is 13.8. The molecule has 0 aliphatic carbocycles. The van der Waals surface area contributed by atoms with Crippen LogP contribution in [-0.4, -0.2) is 16.1 Å². The van der Waals surface area contributed by atoms with Crippen molar-refractivity contribution < 1.29 is 19.4 Å². The third-order valence-corrected chi connectivity index (χ3v) is 4.00. The van der Waals surface area contributed by atoms with Gasteiger partial charge in [-0.05, 0) is 44.5 Å². The molecule has 0 bridgehead atoms. The number of carbonyl (C=O) groups is 1. The predicted molar refractivity (Wildman–Crippen MR) is 95.0 cm³/mol. The number of carbonyl (C=O) groups excluding carboxylic acids is 1. The molecule has 4 N–H and O–H groups in total. The summed E-state index contributed by atoms with van der Waals surface area (Å²) in [6, 6.07) is 5.48. The van der Waals surface area contributed by atoms with Crippen LogP contribution >= 0.6 is 0 Å². The van der Waals surface area contributed by atoms with Gasteiger partial charge >= 0.3 is 0 Å². The van der Waals surface area contributed by atoms with Crippen molar-refractivity contribution >= 4 is 27.8 Å². The molecule has 0 saturated carbocycles. The molecule has 3 aromatic rings. The molecule has 6 nitrogen and oxygen atoms in total. The lowest BCUT2D eigenvalue weighted by molar-refractivity contribution is 0.0999. The van der Waals surface area contributed by atoms with E-state index < -0.39 is 11.3 Å². The van der Waals surface area contributed by atoms with Gasteiger partial charge in [0, 0.05) is 5.56 Å². The first-order valence-corrected chi connectivity index (χ1v) is 7.67. The van der Waals surface area contributed by atoms with E-state index in [-0.39, 0.29) is 51.0 Å². The van der Waals surface area contributed by atoms with Gasteiger partial charge in [-0.15, -0.1) is 0 Å². The maximum Gasteiger partial charge on any atom is 0.249 e. The highest BCUT2D eigenvalue weighted by Gasteiger charge is 2.20. The Hall–Kier alpha value is -3.28. The van der Waals surface area contributed by atoms with Gasteiger partial charge in [0.05, 0.1) is 10.9 Å². The minimum atomic E-state index is -0.720. The van der Waals surface area contributed by atoms with E-state index in [9.17, 15) is 19.8 Å². The zero-order chi connectivity index (χ0) is 18.3. The maximum absolute atomic E-state index is 12.8. The first kappa shape index (κ1) is 16.6. The van der Waals surface area contributed by atoms with E-state index in [0.29, 0.717) is 0 Å². The van der Waals surface area contributed by atoms with Crippen LogP contribution in [0.4, 0.5) is 0 Å². The van der Waals surface area contributed by atoms with E-state index in [1.165, 1.54) is 24.3 Å². The molecule has 1 heterocycles. The fraction of sp³-hybridized carbons (Fsp3) is 0.158. The Kier molecular flexibility index (Phi) is 3.96. The van der Waals surface area contributed by atoms with Crippen LogP contribution in [0.2, 0.25) is 0 Å². The van der Waals surface area contributed by atoms with E-state index in [0.717, 1.165) is 5.57 Å². The van der Waals surface area contributed by atoms with Crippen molar-refractivity contribution in [2.45, 2.75) is 20.3 Å². The van der Waals surface area contributed by atoms with E-state index in [1.54, 1.807) is 0 Å². The molecule has 2 aromatic carbocycles. The molecule has 0 aliphatic heterocycles. The second-order valence-corrected chi connectivity index (χ2v) is 6.09. The van der Waals surface area contributed by atoms with Gasteiger partial charge in [-0.25, -0.2) is 0 Å². The fourth-order valence-electron chi connectivity index (χ4n) is 2.76. The first-order valence-electron chi connectivity index (χ1n) is 7.67. The lowest BCUT2D eigenvalue weighted by Gasteiger charge is -2.11. The molecular formula is C19H17NO5. The van der Waals surface area contributed by atoms with Crippen LogP contribution in [0.5, 0.6) is 11.5 Å². The molecule has 1 aromatic heterocycles. The zero-order valence-corrected chi connectivity index (χ0v) is 13.8. The molecule has 0 atom stereocenters. The molecule has 0 radical (unpaired) electrons. The number of nitrogens with two attached hydrogens (primary N) is 1. The first-order chi connectivity index (χ1) is 11.8. The highest BCUT2D eigenvalue weighted by Crippen LogP contribution is 2.33. The third kappa shape index (κ3) is 2.82. The number of benzene rings is 2.